The molecule has 0 saturated heterocycles. The van der Waals surface area contributed by atoms with Crippen LogP contribution in [-0.4, -0.2) is 49.1 Å². The van der Waals surface area contributed by atoms with E-state index in [9.17, 15) is 9.59 Å². The van der Waals surface area contributed by atoms with Crippen LogP contribution < -0.4 is 10.1 Å². The van der Waals surface area contributed by atoms with Gasteiger partial charge in [-0.05, 0) is 62.5 Å². The standard InChI is InChI=1S/C22H27ClN2O4/c1-4-25(5-2)13-14-28-22(27)17-9-11-19(12-10-17)24-21(26)16(3)29-20-8-6-7-18(23)15-20/h6-12,15-16H,4-5,13-14H2,1-3H3,(H,24,26)/t16-/m0/s1. The van der Waals surface area contributed by atoms with Crippen molar-refractivity contribution in [3.8, 4) is 5.75 Å². The van der Waals surface area contributed by atoms with Crippen LogP contribution in [0.1, 0.15) is 31.1 Å². The molecule has 2 aromatic rings. The number of halogens is 1. The number of amides is 1. The van der Waals surface area contributed by atoms with Crippen molar-refractivity contribution >= 4 is 29.2 Å². The van der Waals surface area contributed by atoms with E-state index >= 15 is 0 Å². The summed E-state index contributed by atoms with van der Waals surface area (Å²) in [6.07, 6.45) is -0.710. The summed E-state index contributed by atoms with van der Waals surface area (Å²) < 4.78 is 10.9. The lowest BCUT2D eigenvalue weighted by Crippen LogP contribution is -2.30. The maximum absolute atomic E-state index is 12.3. The number of rotatable bonds is 10. The molecule has 1 N–H and O–H groups in total. The number of nitrogens with one attached hydrogen (secondary N) is 1. The van der Waals surface area contributed by atoms with Crippen molar-refractivity contribution in [2.45, 2.75) is 26.9 Å². The smallest absolute Gasteiger partial charge is 0.338 e. The molecule has 0 spiro atoms. The molecule has 0 aromatic heterocycles. The molecule has 2 rings (SSSR count). The van der Waals surface area contributed by atoms with Gasteiger partial charge >= 0.3 is 5.97 Å². The number of ether oxygens (including phenoxy) is 2. The van der Waals surface area contributed by atoms with Gasteiger partial charge in [-0.1, -0.05) is 31.5 Å². The fourth-order valence-electron chi connectivity index (χ4n) is 2.62. The van der Waals surface area contributed by atoms with Crippen molar-refractivity contribution in [1.82, 2.24) is 4.90 Å². The van der Waals surface area contributed by atoms with E-state index in [4.69, 9.17) is 21.1 Å². The molecule has 0 aliphatic carbocycles. The second kappa shape index (κ2) is 11.4. The number of hydrogen-bond donors (Lipinski definition) is 1. The number of likely N-dealkylation sites (N-methyl/N-ethyl adjacent to an activating group) is 1. The molecule has 1 amide bonds. The molecule has 0 fully saturated rings. The van der Waals surface area contributed by atoms with Crippen LogP contribution >= 0.6 is 11.6 Å². The molecule has 0 bridgehead atoms. The molecule has 0 aliphatic rings. The zero-order valence-corrected chi connectivity index (χ0v) is 17.7. The Kier molecular flexibility index (Phi) is 8.96. The summed E-state index contributed by atoms with van der Waals surface area (Å²) in [5.41, 5.74) is 1.00. The van der Waals surface area contributed by atoms with Crippen molar-refractivity contribution in [3.05, 3.63) is 59.1 Å². The monoisotopic (exact) mass is 418 g/mol. The van der Waals surface area contributed by atoms with Crippen molar-refractivity contribution in [2.75, 3.05) is 31.6 Å². The zero-order valence-electron chi connectivity index (χ0n) is 17.0. The molecule has 0 unspecified atom stereocenters. The quantitative estimate of drug-likeness (QED) is 0.584. The van der Waals surface area contributed by atoms with E-state index in [1.807, 2.05) is 0 Å². The van der Waals surface area contributed by atoms with Gasteiger partial charge in [0.15, 0.2) is 6.10 Å². The SMILES string of the molecule is CCN(CC)CCOC(=O)c1ccc(NC(=O)[C@H](C)Oc2cccc(Cl)c2)cc1. The molecule has 2 aromatic carbocycles. The van der Waals surface area contributed by atoms with Gasteiger partial charge in [-0.3, -0.25) is 4.79 Å². The number of nitrogens with zero attached hydrogens (tertiary/aromatic N) is 1. The largest absolute Gasteiger partial charge is 0.481 e. The Hall–Kier alpha value is -2.57. The summed E-state index contributed by atoms with van der Waals surface area (Å²) in [5.74, 6) is -0.171. The van der Waals surface area contributed by atoms with Crippen molar-refractivity contribution in [1.29, 1.82) is 0 Å². The number of anilines is 1. The van der Waals surface area contributed by atoms with E-state index in [0.717, 1.165) is 13.1 Å². The summed E-state index contributed by atoms with van der Waals surface area (Å²) in [7, 11) is 0. The third kappa shape index (κ3) is 7.40. The summed E-state index contributed by atoms with van der Waals surface area (Å²) >= 11 is 5.92. The molecular formula is C22H27ClN2O4. The summed E-state index contributed by atoms with van der Waals surface area (Å²) in [5, 5.41) is 3.30. The fourth-order valence-corrected chi connectivity index (χ4v) is 2.80. The molecule has 0 aliphatic heterocycles. The summed E-state index contributed by atoms with van der Waals surface area (Å²) in [6, 6.07) is 13.4. The van der Waals surface area contributed by atoms with E-state index in [2.05, 4.69) is 24.1 Å². The highest BCUT2D eigenvalue weighted by Gasteiger charge is 2.15. The predicted octanol–water partition coefficient (Wildman–Crippen LogP) is 4.24. The lowest BCUT2D eigenvalue weighted by molar-refractivity contribution is -0.122. The maximum atomic E-state index is 12.3. The van der Waals surface area contributed by atoms with Gasteiger partial charge < -0.3 is 19.7 Å². The number of benzene rings is 2. The van der Waals surface area contributed by atoms with E-state index in [-0.39, 0.29) is 11.9 Å². The minimum Gasteiger partial charge on any atom is -0.481 e. The van der Waals surface area contributed by atoms with Crippen LogP contribution in [0.15, 0.2) is 48.5 Å². The van der Waals surface area contributed by atoms with Gasteiger partial charge in [-0.2, -0.15) is 0 Å². The average molecular weight is 419 g/mol. The Bertz CT molecular complexity index is 807. The van der Waals surface area contributed by atoms with E-state index in [1.165, 1.54) is 0 Å². The third-order valence-corrected chi connectivity index (χ3v) is 4.64. The van der Waals surface area contributed by atoms with Crippen LogP contribution in [-0.2, 0) is 9.53 Å². The Morgan fingerprint density at radius 1 is 1.10 bits per heavy atom. The molecule has 0 saturated carbocycles. The number of hydrogen-bond acceptors (Lipinski definition) is 5. The molecule has 1 atom stereocenters. The van der Waals surface area contributed by atoms with Gasteiger partial charge in [0, 0.05) is 17.3 Å². The first kappa shape index (κ1) is 22.7. The minimum absolute atomic E-state index is 0.306. The lowest BCUT2D eigenvalue weighted by atomic mass is 10.2. The fraction of sp³-hybridized carbons (Fsp3) is 0.364. The van der Waals surface area contributed by atoms with Crippen molar-refractivity contribution in [3.63, 3.8) is 0 Å². The van der Waals surface area contributed by atoms with Gasteiger partial charge in [0.2, 0.25) is 0 Å². The first-order valence-electron chi connectivity index (χ1n) is 9.65. The predicted molar refractivity (Wildman–Crippen MR) is 115 cm³/mol. The first-order chi connectivity index (χ1) is 13.9. The van der Waals surface area contributed by atoms with Crippen LogP contribution in [0.2, 0.25) is 5.02 Å². The second-order valence-corrected chi connectivity index (χ2v) is 6.88. The molecule has 6 nitrogen and oxygen atoms in total. The maximum Gasteiger partial charge on any atom is 0.338 e. The minimum atomic E-state index is -0.710. The molecule has 7 heteroatoms. The molecular weight excluding hydrogens is 392 g/mol. The second-order valence-electron chi connectivity index (χ2n) is 6.45. The number of carbonyl (C=O) groups is 2. The Morgan fingerprint density at radius 3 is 2.41 bits per heavy atom. The molecule has 156 valence electrons. The highest BCUT2D eigenvalue weighted by molar-refractivity contribution is 6.30. The normalized spacial score (nSPS) is 11.8. The van der Waals surface area contributed by atoms with Crippen molar-refractivity contribution < 1.29 is 19.1 Å². The van der Waals surface area contributed by atoms with Crippen LogP contribution in [0.4, 0.5) is 5.69 Å². The average Bonchev–Trinajstić information content (AvgIpc) is 2.71. The van der Waals surface area contributed by atoms with Crippen LogP contribution in [0, 0.1) is 0 Å². The van der Waals surface area contributed by atoms with E-state index in [0.29, 0.717) is 35.2 Å². The van der Waals surface area contributed by atoms with Gasteiger partial charge in [0.25, 0.3) is 5.91 Å². The Morgan fingerprint density at radius 2 is 1.79 bits per heavy atom. The summed E-state index contributed by atoms with van der Waals surface area (Å²) in [4.78, 5) is 26.6. The lowest BCUT2D eigenvalue weighted by Gasteiger charge is -2.17. The Labute approximate surface area is 176 Å². The van der Waals surface area contributed by atoms with Crippen molar-refractivity contribution in [2.24, 2.45) is 0 Å². The van der Waals surface area contributed by atoms with Crippen LogP contribution in [0.5, 0.6) is 5.75 Å². The number of esters is 1. The highest BCUT2D eigenvalue weighted by Crippen LogP contribution is 2.19. The van der Waals surface area contributed by atoms with Crippen LogP contribution in [0.3, 0.4) is 0 Å². The van der Waals surface area contributed by atoms with Gasteiger partial charge in [0.1, 0.15) is 12.4 Å². The number of carbonyl (C=O) groups excluding carboxylic acids is 2. The third-order valence-electron chi connectivity index (χ3n) is 4.40. The Balaban J connectivity index is 1.84. The van der Waals surface area contributed by atoms with Crippen LogP contribution in [0.25, 0.3) is 0 Å². The van der Waals surface area contributed by atoms with E-state index < -0.39 is 6.10 Å². The van der Waals surface area contributed by atoms with Gasteiger partial charge in [-0.25, -0.2) is 4.79 Å². The first-order valence-corrected chi connectivity index (χ1v) is 10.0. The molecule has 0 radical (unpaired) electrons. The van der Waals surface area contributed by atoms with Gasteiger partial charge in [0.05, 0.1) is 5.56 Å². The van der Waals surface area contributed by atoms with E-state index in [1.54, 1.807) is 55.5 Å². The zero-order chi connectivity index (χ0) is 21.2. The topological polar surface area (TPSA) is 67.9 Å². The molecule has 0 heterocycles. The highest BCUT2D eigenvalue weighted by atomic mass is 35.5. The molecule has 29 heavy (non-hydrogen) atoms. The summed E-state index contributed by atoms with van der Waals surface area (Å²) in [6.45, 7) is 8.68. The van der Waals surface area contributed by atoms with Gasteiger partial charge in [-0.15, -0.1) is 0 Å².